The Bertz CT molecular complexity index is 2180. The molecule has 0 unspecified atom stereocenters. The number of aromatic nitrogens is 3. The predicted molar refractivity (Wildman–Crippen MR) is 188 cm³/mol. The molecular formula is C41H38N4O2Pt. The quantitative estimate of drug-likeness (QED) is 0.163. The number of rotatable bonds is 5. The van der Waals surface area contributed by atoms with Gasteiger partial charge in [-0.15, -0.1) is 29.8 Å². The Morgan fingerprint density at radius 1 is 0.896 bits per heavy atom. The van der Waals surface area contributed by atoms with Gasteiger partial charge in [-0.2, -0.15) is 0 Å². The van der Waals surface area contributed by atoms with Crippen LogP contribution in [0.1, 0.15) is 70.1 Å². The average Bonchev–Trinajstić information content (AvgIpc) is 3.59. The molecule has 1 aliphatic carbocycles. The number of nitrogens with zero attached hydrogens (tertiary/aromatic N) is 4. The van der Waals surface area contributed by atoms with E-state index in [2.05, 4.69) is 98.8 Å². The molecule has 3 aromatic heterocycles. The minimum atomic E-state index is -0.206. The van der Waals surface area contributed by atoms with Gasteiger partial charge in [-0.1, -0.05) is 73.8 Å². The summed E-state index contributed by atoms with van der Waals surface area (Å²) >= 11 is 0. The van der Waals surface area contributed by atoms with Crippen LogP contribution in [0.15, 0.2) is 90.2 Å². The van der Waals surface area contributed by atoms with E-state index in [1.54, 1.807) is 6.20 Å². The van der Waals surface area contributed by atoms with Crippen molar-refractivity contribution in [3.05, 3.63) is 114 Å². The molecule has 6 aromatic rings. The molecule has 1 fully saturated rings. The predicted octanol–water partition coefficient (Wildman–Crippen LogP) is 9.71. The molecule has 8 rings (SSSR count). The Balaban J connectivity index is 0.00000364. The molecule has 4 heterocycles. The van der Waals surface area contributed by atoms with Crippen LogP contribution >= 0.6 is 0 Å². The van der Waals surface area contributed by atoms with Crippen LogP contribution in [0.2, 0.25) is 0 Å². The van der Waals surface area contributed by atoms with Crippen LogP contribution in [0.25, 0.3) is 38.9 Å². The first-order valence-corrected chi connectivity index (χ1v) is 16.5. The Hall–Kier alpha value is -4.28. The first-order valence-electron chi connectivity index (χ1n) is 16.5. The van der Waals surface area contributed by atoms with Gasteiger partial charge >= 0.3 is 21.1 Å². The monoisotopic (exact) mass is 813 g/mol. The number of hydrogen-bond acceptors (Lipinski definition) is 5. The van der Waals surface area contributed by atoms with Crippen molar-refractivity contribution in [2.45, 2.75) is 77.4 Å². The van der Waals surface area contributed by atoms with E-state index < -0.39 is 0 Å². The standard InChI is InChI=1S/C41H38N4O2.Pt/c1-26-14-15-36-34(19-26)33-11-10-18-43-38(33)45(36)30-23-29(40(2,3)4)24-32(25-30)46-31-21-27(35-12-7-9-17-42-35)20-28(22-31)39-44-41(5)16-8-6-13-37(41)47-39;/h7,9-12,14-15,17-21,23-24,37H,6,8,13,16H2,1-5H3;/q-2;+2/t37-,41+;/m0./s1. The fourth-order valence-corrected chi connectivity index (χ4v) is 6.97. The Morgan fingerprint density at radius 2 is 1.73 bits per heavy atom. The van der Waals surface area contributed by atoms with Gasteiger partial charge in [0.2, 0.25) is 0 Å². The number of hydrogen-bond donors (Lipinski definition) is 0. The third-order valence-corrected chi connectivity index (χ3v) is 9.58. The van der Waals surface area contributed by atoms with Crippen LogP contribution in [0, 0.1) is 19.1 Å². The Morgan fingerprint density at radius 3 is 2.52 bits per heavy atom. The Labute approximate surface area is 296 Å². The van der Waals surface area contributed by atoms with Crippen molar-refractivity contribution in [2.75, 3.05) is 0 Å². The summed E-state index contributed by atoms with van der Waals surface area (Å²) in [7, 11) is 0. The number of aryl methyl sites for hydroxylation is 1. The Kier molecular flexibility index (Phi) is 8.28. The summed E-state index contributed by atoms with van der Waals surface area (Å²) in [5.74, 6) is 1.78. The van der Waals surface area contributed by atoms with E-state index in [1.807, 2.05) is 36.5 Å². The molecule has 6 nitrogen and oxygen atoms in total. The van der Waals surface area contributed by atoms with Crippen LogP contribution in [0.5, 0.6) is 11.5 Å². The van der Waals surface area contributed by atoms with Crippen molar-refractivity contribution < 1.29 is 30.5 Å². The van der Waals surface area contributed by atoms with Gasteiger partial charge in [0.15, 0.2) is 0 Å². The van der Waals surface area contributed by atoms with E-state index in [4.69, 9.17) is 19.5 Å². The first-order chi connectivity index (χ1) is 22.6. The van der Waals surface area contributed by atoms with Gasteiger partial charge < -0.3 is 14.0 Å². The normalized spacial score (nSPS) is 19.0. The van der Waals surface area contributed by atoms with Crippen LogP contribution in [0.3, 0.4) is 0 Å². The summed E-state index contributed by atoms with van der Waals surface area (Å²) in [4.78, 5) is 14.6. The average molecular weight is 814 g/mol. The molecule has 48 heavy (non-hydrogen) atoms. The van der Waals surface area contributed by atoms with Crippen molar-refractivity contribution in [1.82, 2.24) is 14.5 Å². The van der Waals surface area contributed by atoms with Crippen LogP contribution in [-0.4, -0.2) is 32.1 Å². The molecule has 0 spiro atoms. The maximum atomic E-state index is 6.72. The number of fused-ring (bicyclic) bond motifs is 4. The minimum absolute atomic E-state index is 0. The second kappa shape index (κ2) is 12.3. The minimum Gasteiger partial charge on any atom is -0.514 e. The number of aliphatic imine (C=N–C) groups is 1. The third-order valence-electron chi connectivity index (χ3n) is 9.58. The van der Waals surface area contributed by atoms with Gasteiger partial charge in [0, 0.05) is 34.7 Å². The second-order valence-corrected chi connectivity index (χ2v) is 14.2. The zero-order valence-electron chi connectivity index (χ0n) is 27.9. The van der Waals surface area contributed by atoms with Crippen LogP contribution < -0.4 is 4.74 Å². The van der Waals surface area contributed by atoms with Gasteiger partial charge in [0.25, 0.3) is 0 Å². The summed E-state index contributed by atoms with van der Waals surface area (Å²) in [6.07, 6.45) is 8.12. The van der Waals surface area contributed by atoms with Crippen LogP contribution in [-0.2, 0) is 31.2 Å². The van der Waals surface area contributed by atoms with Crippen LogP contribution in [0.4, 0.5) is 0 Å². The summed E-state index contributed by atoms with van der Waals surface area (Å²) in [6.45, 7) is 11.0. The van der Waals surface area contributed by atoms with Crippen molar-refractivity contribution >= 4 is 27.8 Å². The molecule has 2 atom stereocenters. The van der Waals surface area contributed by atoms with E-state index in [1.165, 1.54) is 18.4 Å². The van der Waals surface area contributed by atoms with Gasteiger partial charge in [0.05, 0.1) is 16.7 Å². The topological polar surface area (TPSA) is 61.5 Å². The zero-order chi connectivity index (χ0) is 32.3. The zero-order valence-corrected chi connectivity index (χ0v) is 30.2. The molecule has 2 aliphatic rings. The largest absolute Gasteiger partial charge is 2.00 e. The fraction of sp³-hybridized carbons (Fsp3) is 0.293. The van der Waals surface area contributed by atoms with E-state index >= 15 is 0 Å². The third kappa shape index (κ3) is 5.85. The van der Waals surface area contributed by atoms with Crippen molar-refractivity contribution in [1.29, 1.82) is 0 Å². The van der Waals surface area contributed by atoms with E-state index in [-0.39, 0.29) is 38.1 Å². The molecule has 0 radical (unpaired) electrons. The van der Waals surface area contributed by atoms with E-state index in [9.17, 15) is 0 Å². The van der Waals surface area contributed by atoms with E-state index in [0.29, 0.717) is 17.4 Å². The SMILES string of the molecule is Cc1ccc2c(c1)c1cccnc1n2-c1[c-]c(Oc2[c-]c(C3=N[C@]4(C)CCCC[C@@H]4O3)cc(-c3ccccn3)c2)cc(C(C)(C)C)c1.[Pt+2]. The second-order valence-electron chi connectivity index (χ2n) is 14.2. The first kappa shape index (κ1) is 32.3. The summed E-state index contributed by atoms with van der Waals surface area (Å²) in [5.41, 5.74) is 7.35. The smallest absolute Gasteiger partial charge is 0.514 e. The fourth-order valence-electron chi connectivity index (χ4n) is 6.97. The van der Waals surface area contributed by atoms with Gasteiger partial charge in [-0.3, -0.25) is 9.98 Å². The van der Waals surface area contributed by atoms with Gasteiger partial charge in [-0.05, 0) is 74.9 Å². The summed E-state index contributed by atoms with van der Waals surface area (Å²) in [6, 6.07) is 32.0. The molecule has 7 heteroatoms. The molecule has 1 saturated carbocycles. The number of ether oxygens (including phenoxy) is 2. The molecule has 1 aliphatic heterocycles. The maximum absolute atomic E-state index is 6.72. The van der Waals surface area contributed by atoms with Crippen molar-refractivity contribution in [3.63, 3.8) is 0 Å². The number of benzene rings is 3. The van der Waals surface area contributed by atoms with Gasteiger partial charge in [0.1, 0.15) is 17.6 Å². The molecule has 244 valence electrons. The molecule has 3 aromatic carbocycles. The van der Waals surface area contributed by atoms with Crippen molar-refractivity contribution in [2.24, 2.45) is 4.99 Å². The molecule has 0 amide bonds. The van der Waals surface area contributed by atoms with Gasteiger partial charge in [-0.25, -0.2) is 4.98 Å². The summed E-state index contributed by atoms with van der Waals surface area (Å²) < 4.78 is 15.4. The summed E-state index contributed by atoms with van der Waals surface area (Å²) in [5, 5.41) is 2.27. The molecule has 0 bridgehead atoms. The van der Waals surface area contributed by atoms with Crippen molar-refractivity contribution in [3.8, 4) is 28.4 Å². The molecular weight excluding hydrogens is 776 g/mol. The van der Waals surface area contributed by atoms with E-state index in [0.717, 1.165) is 62.8 Å². The maximum Gasteiger partial charge on any atom is 2.00 e. The number of pyridine rings is 2. The molecule has 0 saturated heterocycles. The molecule has 0 N–H and O–H groups in total.